The summed E-state index contributed by atoms with van der Waals surface area (Å²) < 4.78 is 43.0. The Morgan fingerprint density at radius 3 is 2.66 bits per heavy atom. The van der Waals surface area contributed by atoms with Gasteiger partial charge in [-0.3, -0.25) is 9.59 Å². The van der Waals surface area contributed by atoms with Crippen LogP contribution in [0, 0.1) is 11.3 Å². The zero-order valence-electron chi connectivity index (χ0n) is 17.2. The summed E-state index contributed by atoms with van der Waals surface area (Å²) in [5.41, 5.74) is -1.78. The normalized spacial score (nSPS) is 22.5. The lowest BCUT2D eigenvalue weighted by molar-refractivity contribution is -0.146. The minimum Gasteiger partial charge on any atom is -0.465 e. The molecule has 0 aromatic heterocycles. The van der Waals surface area contributed by atoms with Crippen molar-refractivity contribution in [3.63, 3.8) is 0 Å². The Kier molecular flexibility index (Phi) is 6.07. The van der Waals surface area contributed by atoms with Gasteiger partial charge in [-0.1, -0.05) is 36.4 Å². The summed E-state index contributed by atoms with van der Waals surface area (Å²) in [5, 5.41) is 2.77. The Labute approximate surface area is 188 Å². The van der Waals surface area contributed by atoms with Crippen molar-refractivity contribution in [3.8, 4) is 0 Å². The van der Waals surface area contributed by atoms with E-state index in [1.807, 2.05) is 12.1 Å². The molecule has 32 heavy (non-hydrogen) atoms. The minimum atomic E-state index is -4.37. The molecular formula is C24H22F3NO3S. The van der Waals surface area contributed by atoms with Gasteiger partial charge in [0.2, 0.25) is 5.91 Å². The predicted octanol–water partition coefficient (Wildman–Crippen LogP) is 5.53. The molecule has 0 bridgehead atoms. The first-order chi connectivity index (χ1) is 15.1. The third-order valence-corrected chi connectivity index (χ3v) is 6.68. The van der Waals surface area contributed by atoms with Crippen molar-refractivity contribution in [1.29, 1.82) is 0 Å². The second-order valence-corrected chi connectivity index (χ2v) is 9.51. The molecule has 2 unspecified atom stereocenters. The number of nitrogens with one attached hydrogen (secondary N) is 1. The number of allylic oxidation sites excluding steroid dienone is 1. The highest BCUT2D eigenvalue weighted by Gasteiger charge is 2.55. The second kappa shape index (κ2) is 8.65. The molecule has 2 atom stereocenters. The number of cyclic esters (lactones) is 1. The number of anilines is 1. The van der Waals surface area contributed by atoms with Gasteiger partial charge >= 0.3 is 11.5 Å². The number of halogens is 3. The van der Waals surface area contributed by atoms with Crippen LogP contribution in [0.5, 0.6) is 0 Å². The lowest BCUT2D eigenvalue weighted by Crippen LogP contribution is -2.31. The molecule has 1 saturated heterocycles. The number of hydrogen-bond donors (Lipinski definition) is 1. The maximum atomic E-state index is 12.5. The number of fused-ring (bicyclic) bond motifs is 1. The first-order valence-electron chi connectivity index (χ1n) is 10.2. The fourth-order valence-corrected chi connectivity index (χ4v) is 5.20. The van der Waals surface area contributed by atoms with E-state index < -0.39 is 10.9 Å². The predicted molar refractivity (Wildman–Crippen MR) is 116 cm³/mol. The standard InChI is InChI=1S/C24H22F3NO3S/c1-15-9-18-14-31-22(30)23(18,12-15)13-16-5-7-19(8-6-16)28-21(29)11-17-3-2-4-20(10-17)32-24(25,26)27/h2-8,10,18H,1,9,11-14H2,(H,28,29). The van der Waals surface area contributed by atoms with Crippen molar-refractivity contribution >= 4 is 29.3 Å². The van der Waals surface area contributed by atoms with Gasteiger partial charge in [0.15, 0.2) is 0 Å². The molecule has 1 aliphatic heterocycles. The number of ether oxygens (including phenoxy) is 1. The van der Waals surface area contributed by atoms with E-state index in [-0.39, 0.29) is 40.9 Å². The minimum absolute atomic E-state index is 0.0350. The lowest BCUT2D eigenvalue weighted by Gasteiger charge is -2.24. The number of amides is 1. The molecular weight excluding hydrogens is 439 g/mol. The molecule has 4 nitrogen and oxygen atoms in total. The summed E-state index contributed by atoms with van der Waals surface area (Å²) in [6, 6.07) is 13.1. The van der Waals surface area contributed by atoms with Crippen molar-refractivity contribution in [2.75, 3.05) is 11.9 Å². The van der Waals surface area contributed by atoms with E-state index in [1.165, 1.54) is 18.2 Å². The quantitative estimate of drug-likeness (QED) is 0.349. The number of esters is 1. The number of alkyl halides is 3. The van der Waals surface area contributed by atoms with Crippen LogP contribution >= 0.6 is 11.8 Å². The first-order valence-corrected chi connectivity index (χ1v) is 11.0. The Morgan fingerprint density at radius 1 is 1.19 bits per heavy atom. The Morgan fingerprint density at radius 2 is 1.94 bits per heavy atom. The largest absolute Gasteiger partial charge is 0.465 e. The molecule has 1 heterocycles. The van der Waals surface area contributed by atoms with Crippen molar-refractivity contribution in [3.05, 3.63) is 71.8 Å². The SMILES string of the molecule is C=C1CC2COC(=O)C2(Cc2ccc(NC(=O)Cc3cccc(SC(F)(F)F)c3)cc2)C1. The van der Waals surface area contributed by atoms with Gasteiger partial charge in [0.1, 0.15) is 0 Å². The Bertz CT molecular complexity index is 1050. The van der Waals surface area contributed by atoms with Gasteiger partial charge in [0, 0.05) is 16.5 Å². The van der Waals surface area contributed by atoms with E-state index in [4.69, 9.17) is 4.74 Å². The van der Waals surface area contributed by atoms with Gasteiger partial charge in [-0.25, -0.2) is 0 Å². The van der Waals surface area contributed by atoms with Crippen LogP contribution in [0.25, 0.3) is 0 Å². The fourth-order valence-electron chi connectivity index (χ4n) is 4.58. The molecule has 1 aliphatic carbocycles. The van der Waals surface area contributed by atoms with Crippen molar-refractivity contribution in [1.82, 2.24) is 0 Å². The molecule has 0 radical (unpaired) electrons. The number of rotatable bonds is 6. The van der Waals surface area contributed by atoms with Gasteiger partial charge in [-0.2, -0.15) is 13.2 Å². The molecule has 2 aromatic carbocycles. The highest BCUT2D eigenvalue weighted by atomic mass is 32.2. The summed E-state index contributed by atoms with van der Waals surface area (Å²) in [4.78, 5) is 24.8. The summed E-state index contributed by atoms with van der Waals surface area (Å²) in [7, 11) is 0. The van der Waals surface area contributed by atoms with E-state index in [9.17, 15) is 22.8 Å². The van der Waals surface area contributed by atoms with Gasteiger partial charge in [-0.05, 0) is 66.4 Å². The zero-order chi connectivity index (χ0) is 22.9. The maximum Gasteiger partial charge on any atom is 0.446 e. The third-order valence-electron chi connectivity index (χ3n) is 5.96. The number of hydrogen-bond acceptors (Lipinski definition) is 4. The van der Waals surface area contributed by atoms with E-state index in [1.54, 1.807) is 18.2 Å². The number of thioether (sulfide) groups is 1. The molecule has 2 aliphatic rings. The molecule has 1 saturated carbocycles. The van der Waals surface area contributed by atoms with Crippen molar-refractivity contribution in [2.45, 2.75) is 36.1 Å². The molecule has 0 spiro atoms. The van der Waals surface area contributed by atoms with E-state index in [0.29, 0.717) is 30.7 Å². The van der Waals surface area contributed by atoms with Crippen molar-refractivity contribution in [2.24, 2.45) is 11.3 Å². The van der Waals surface area contributed by atoms with E-state index >= 15 is 0 Å². The summed E-state index contributed by atoms with van der Waals surface area (Å²) >= 11 is -0.203. The van der Waals surface area contributed by atoms with Gasteiger partial charge in [-0.15, -0.1) is 0 Å². The topological polar surface area (TPSA) is 55.4 Å². The number of carbonyl (C=O) groups excluding carboxylic acids is 2. The molecule has 1 N–H and O–H groups in total. The molecule has 2 fully saturated rings. The maximum absolute atomic E-state index is 12.5. The highest BCUT2D eigenvalue weighted by Crippen LogP contribution is 2.52. The lowest BCUT2D eigenvalue weighted by atomic mass is 9.75. The summed E-state index contributed by atoms with van der Waals surface area (Å²) in [5.74, 6) is -0.324. The molecule has 2 aromatic rings. The van der Waals surface area contributed by atoms with Crippen LogP contribution in [-0.4, -0.2) is 24.0 Å². The van der Waals surface area contributed by atoms with Crippen LogP contribution in [0.2, 0.25) is 0 Å². The fraction of sp³-hybridized carbons (Fsp3) is 0.333. The third kappa shape index (κ3) is 5.01. The van der Waals surface area contributed by atoms with E-state index in [0.717, 1.165) is 17.6 Å². The average molecular weight is 462 g/mol. The van der Waals surface area contributed by atoms with Crippen LogP contribution in [0.1, 0.15) is 24.0 Å². The van der Waals surface area contributed by atoms with Crippen LogP contribution in [0.3, 0.4) is 0 Å². The molecule has 1 amide bonds. The van der Waals surface area contributed by atoms with Crippen LogP contribution in [0.15, 0.2) is 65.6 Å². The Balaban J connectivity index is 1.37. The second-order valence-electron chi connectivity index (χ2n) is 8.38. The van der Waals surface area contributed by atoms with Crippen LogP contribution in [-0.2, 0) is 27.2 Å². The summed E-state index contributed by atoms with van der Waals surface area (Å²) in [6.45, 7) is 4.49. The van der Waals surface area contributed by atoms with Gasteiger partial charge < -0.3 is 10.1 Å². The molecule has 168 valence electrons. The van der Waals surface area contributed by atoms with Gasteiger partial charge in [0.05, 0.1) is 18.4 Å². The van der Waals surface area contributed by atoms with Crippen LogP contribution < -0.4 is 5.32 Å². The number of carbonyl (C=O) groups is 2. The summed E-state index contributed by atoms with van der Waals surface area (Å²) in [6.07, 6.45) is 1.98. The average Bonchev–Trinajstić information content (AvgIpc) is 3.16. The van der Waals surface area contributed by atoms with E-state index in [2.05, 4.69) is 11.9 Å². The monoisotopic (exact) mass is 461 g/mol. The smallest absolute Gasteiger partial charge is 0.446 e. The highest BCUT2D eigenvalue weighted by molar-refractivity contribution is 8.00. The Hall–Kier alpha value is -2.74. The van der Waals surface area contributed by atoms with Gasteiger partial charge in [0.25, 0.3) is 0 Å². The number of benzene rings is 2. The molecule has 4 rings (SSSR count). The van der Waals surface area contributed by atoms with Crippen LogP contribution in [0.4, 0.5) is 18.9 Å². The zero-order valence-corrected chi connectivity index (χ0v) is 18.0. The van der Waals surface area contributed by atoms with Crippen molar-refractivity contribution < 1.29 is 27.5 Å². The molecule has 8 heteroatoms. The first kappa shape index (κ1) is 22.5.